The molecule has 1 heterocycles. The molecule has 20 heavy (non-hydrogen) atoms. The van der Waals surface area contributed by atoms with E-state index in [9.17, 15) is 13.2 Å². The molecule has 0 saturated heterocycles. The lowest BCUT2D eigenvalue weighted by molar-refractivity contribution is -0.137. The minimum Gasteiger partial charge on any atom is -0.379 e. The van der Waals surface area contributed by atoms with Crippen molar-refractivity contribution in [3.63, 3.8) is 0 Å². The lowest BCUT2D eigenvalue weighted by Crippen LogP contribution is -2.10. The number of aryl methyl sites for hydroxylation is 1. The highest BCUT2D eigenvalue weighted by atomic mass is 19.4. The molecule has 0 radical (unpaired) electrons. The second-order valence-electron chi connectivity index (χ2n) is 4.17. The normalized spacial score (nSPS) is 11.2. The fraction of sp³-hybridized carbons (Fsp3) is 0.231. The Balaban J connectivity index is 2.22. The number of nitrogens with zero attached hydrogens (tertiary/aromatic N) is 3. The molecule has 2 aromatic rings. The van der Waals surface area contributed by atoms with E-state index in [2.05, 4.69) is 10.4 Å². The molecule has 0 aliphatic carbocycles. The summed E-state index contributed by atoms with van der Waals surface area (Å²) in [7, 11) is 1.75. The highest BCUT2D eigenvalue weighted by molar-refractivity contribution is 5.53. The van der Waals surface area contributed by atoms with E-state index in [1.54, 1.807) is 30.1 Å². The van der Waals surface area contributed by atoms with Crippen LogP contribution in [0.4, 0.5) is 18.9 Å². The van der Waals surface area contributed by atoms with Crippen molar-refractivity contribution in [1.82, 2.24) is 9.78 Å². The maximum atomic E-state index is 12.8. The van der Waals surface area contributed by atoms with Gasteiger partial charge >= 0.3 is 6.18 Å². The van der Waals surface area contributed by atoms with Gasteiger partial charge in [-0.05, 0) is 24.3 Å². The summed E-state index contributed by atoms with van der Waals surface area (Å²) in [5, 5.41) is 15.6. The molecule has 0 saturated carbocycles. The van der Waals surface area contributed by atoms with Gasteiger partial charge in [0.1, 0.15) is 0 Å². The average molecular weight is 280 g/mol. The smallest absolute Gasteiger partial charge is 0.379 e. The third-order valence-corrected chi connectivity index (χ3v) is 2.84. The summed E-state index contributed by atoms with van der Waals surface area (Å²) >= 11 is 0. The van der Waals surface area contributed by atoms with Gasteiger partial charge in [0.25, 0.3) is 0 Å². The lowest BCUT2D eigenvalue weighted by Gasteiger charge is -2.12. The van der Waals surface area contributed by atoms with Crippen LogP contribution in [0, 0.1) is 11.3 Å². The predicted octanol–water partition coefficient (Wildman–Crippen LogP) is 2.92. The van der Waals surface area contributed by atoms with Crippen LogP contribution in [0.3, 0.4) is 0 Å². The van der Waals surface area contributed by atoms with Crippen LogP contribution in [0.2, 0.25) is 0 Å². The van der Waals surface area contributed by atoms with Gasteiger partial charge in [0, 0.05) is 18.9 Å². The molecule has 0 fully saturated rings. The Hall–Kier alpha value is -2.49. The number of hydrogen-bond donors (Lipinski definition) is 1. The number of anilines is 1. The fourth-order valence-electron chi connectivity index (χ4n) is 1.75. The Labute approximate surface area is 113 Å². The van der Waals surface area contributed by atoms with Crippen LogP contribution in [-0.4, -0.2) is 9.78 Å². The number of nitriles is 1. The van der Waals surface area contributed by atoms with Crippen LogP contribution in [0.5, 0.6) is 0 Å². The molecule has 104 valence electrons. The number of aromatic nitrogens is 2. The first-order valence-electron chi connectivity index (χ1n) is 5.74. The van der Waals surface area contributed by atoms with Crippen molar-refractivity contribution >= 4 is 5.69 Å². The van der Waals surface area contributed by atoms with Crippen LogP contribution >= 0.6 is 0 Å². The van der Waals surface area contributed by atoms with Crippen molar-refractivity contribution in [2.24, 2.45) is 7.05 Å². The van der Waals surface area contributed by atoms with Crippen LogP contribution in [0.15, 0.2) is 30.5 Å². The third kappa shape index (κ3) is 2.91. The topological polar surface area (TPSA) is 53.6 Å². The first kappa shape index (κ1) is 13.9. The Bertz CT molecular complexity index is 652. The van der Waals surface area contributed by atoms with Gasteiger partial charge in [0.2, 0.25) is 0 Å². The molecule has 0 unspecified atom stereocenters. The molecule has 2 rings (SSSR count). The van der Waals surface area contributed by atoms with Crippen LogP contribution in [-0.2, 0) is 19.8 Å². The second-order valence-corrected chi connectivity index (χ2v) is 4.17. The highest BCUT2D eigenvalue weighted by Gasteiger charge is 2.33. The monoisotopic (exact) mass is 280 g/mol. The first-order chi connectivity index (χ1) is 9.41. The van der Waals surface area contributed by atoms with Gasteiger partial charge in [-0.3, -0.25) is 4.68 Å². The van der Waals surface area contributed by atoms with Crippen molar-refractivity contribution in [2.45, 2.75) is 12.7 Å². The number of halogens is 3. The highest BCUT2D eigenvalue weighted by Crippen LogP contribution is 2.33. The SMILES string of the molecule is Cn1nccc1CNc1ccc(C#N)c(C(F)(F)F)c1. The van der Waals surface area contributed by atoms with E-state index >= 15 is 0 Å². The molecule has 0 amide bonds. The minimum atomic E-state index is -4.55. The number of benzene rings is 1. The van der Waals surface area contributed by atoms with E-state index in [-0.39, 0.29) is 5.56 Å². The molecule has 0 aliphatic rings. The van der Waals surface area contributed by atoms with Crippen LogP contribution in [0.1, 0.15) is 16.8 Å². The Morgan fingerprint density at radius 3 is 2.65 bits per heavy atom. The predicted molar refractivity (Wildman–Crippen MR) is 66.7 cm³/mol. The molecule has 0 spiro atoms. The molecule has 1 aromatic carbocycles. The average Bonchev–Trinajstić information content (AvgIpc) is 2.80. The number of nitrogens with one attached hydrogen (secondary N) is 1. The van der Waals surface area contributed by atoms with E-state index in [0.29, 0.717) is 12.2 Å². The van der Waals surface area contributed by atoms with E-state index in [1.165, 1.54) is 6.07 Å². The standard InChI is InChI=1S/C13H11F3N4/c1-20-11(4-5-19-20)8-18-10-3-2-9(7-17)12(6-10)13(14,15)16/h2-6,18H,8H2,1H3. The van der Waals surface area contributed by atoms with E-state index < -0.39 is 11.7 Å². The molecule has 0 aliphatic heterocycles. The van der Waals surface area contributed by atoms with Gasteiger partial charge in [-0.1, -0.05) is 0 Å². The van der Waals surface area contributed by atoms with E-state index in [1.807, 2.05) is 0 Å². The Kier molecular flexibility index (Phi) is 3.66. The van der Waals surface area contributed by atoms with Crippen LogP contribution < -0.4 is 5.32 Å². The van der Waals surface area contributed by atoms with Gasteiger partial charge < -0.3 is 5.32 Å². The fourth-order valence-corrected chi connectivity index (χ4v) is 1.75. The Morgan fingerprint density at radius 2 is 2.10 bits per heavy atom. The van der Waals surface area contributed by atoms with Gasteiger partial charge in [-0.25, -0.2) is 0 Å². The van der Waals surface area contributed by atoms with E-state index in [4.69, 9.17) is 5.26 Å². The van der Waals surface area contributed by atoms with Crippen molar-refractivity contribution < 1.29 is 13.2 Å². The minimum absolute atomic E-state index is 0.303. The van der Waals surface area contributed by atoms with Gasteiger partial charge in [-0.15, -0.1) is 0 Å². The summed E-state index contributed by atoms with van der Waals surface area (Å²) in [4.78, 5) is 0. The molecular weight excluding hydrogens is 269 g/mol. The van der Waals surface area contributed by atoms with E-state index in [0.717, 1.165) is 17.8 Å². The first-order valence-corrected chi connectivity index (χ1v) is 5.74. The van der Waals surface area contributed by atoms with Crippen LogP contribution in [0.25, 0.3) is 0 Å². The summed E-state index contributed by atoms with van der Waals surface area (Å²) in [6.45, 7) is 0.347. The number of hydrogen-bond acceptors (Lipinski definition) is 3. The van der Waals surface area contributed by atoms with Crippen molar-refractivity contribution in [1.29, 1.82) is 5.26 Å². The zero-order valence-electron chi connectivity index (χ0n) is 10.6. The zero-order valence-corrected chi connectivity index (χ0v) is 10.6. The van der Waals surface area contributed by atoms with Crippen molar-refractivity contribution in [2.75, 3.05) is 5.32 Å². The Morgan fingerprint density at radius 1 is 1.35 bits per heavy atom. The third-order valence-electron chi connectivity index (χ3n) is 2.84. The number of rotatable bonds is 3. The molecule has 0 bridgehead atoms. The largest absolute Gasteiger partial charge is 0.417 e. The molecule has 4 nitrogen and oxygen atoms in total. The van der Waals surface area contributed by atoms with Crippen molar-refractivity contribution in [3.8, 4) is 6.07 Å². The summed E-state index contributed by atoms with van der Waals surface area (Å²) < 4.78 is 40.0. The maximum absolute atomic E-state index is 12.8. The molecule has 0 atom stereocenters. The molecule has 1 aromatic heterocycles. The summed E-state index contributed by atoms with van der Waals surface area (Å²) in [6, 6.07) is 6.86. The van der Waals surface area contributed by atoms with Gasteiger partial charge in [0.15, 0.2) is 0 Å². The summed E-state index contributed by atoms with van der Waals surface area (Å²) in [6.07, 6.45) is -2.94. The lowest BCUT2D eigenvalue weighted by atomic mass is 10.1. The van der Waals surface area contributed by atoms with Crippen molar-refractivity contribution in [3.05, 3.63) is 47.3 Å². The summed E-state index contributed by atoms with van der Waals surface area (Å²) in [5.41, 5.74) is -0.181. The summed E-state index contributed by atoms with van der Waals surface area (Å²) in [5.74, 6) is 0. The molecule has 1 N–H and O–H groups in total. The zero-order chi connectivity index (χ0) is 14.8. The molecule has 7 heteroatoms. The molecular formula is C13H11F3N4. The maximum Gasteiger partial charge on any atom is 0.417 e. The van der Waals surface area contributed by atoms with Gasteiger partial charge in [-0.2, -0.15) is 23.5 Å². The quantitative estimate of drug-likeness (QED) is 0.940. The number of alkyl halides is 3. The second kappa shape index (κ2) is 5.25. The van der Waals surface area contributed by atoms with Gasteiger partial charge in [0.05, 0.1) is 29.4 Å².